The van der Waals surface area contributed by atoms with Crippen molar-refractivity contribution < 1.29 is 9.52 Å². The molecule has 2 aromatic rings. The monoisotopic (exact) mass is 234 g/mol. The smallest absolute Gasteiger partial charge is 0.139 e. The predicted octanol–water partition coefficient (Wildman–Crippen LogP) is 2.47. The molecule has 0 spiro atoms. The van der Waals surface area contributed by atoms with Gasteiger partial charge in [0, 0.05) is 10.3 Å². The highest BCUT2D eigenvalue weighted by Gasteiger charge is 2.06. The number of phenols is 1. The Morgan fingerprint density at radius 1 is 1.50 bits per heavy atom. The highest BCUT2D eigenvalue weighted by molar-refractivity contribution is 6.33. The van der Waals surface area contributed by atoms with Gasteiger partial charge in [-0.2, -0.15) is 0 Å². The van der Waals surface area contributed by atoms with Gasteiger partial charge in [0.1, 0.15) is 16.7 Å². The van der Waals surface area contributed by atoms with Gasteiger partial charge in [-0.1, -0.05) is 30.3 Å². The van der Waals surface area contributed by atoms with E-state index in [1.165, 1.54) is 0 Å². The number of hydrogen-bond donors (Lipinski definition) is 1. The van der Waals surface area contributed by atoms with Crippen LogP contribution in [0.2, 0.25) is 0 Å². The zero-order valence-electron chi connectivity index (χ0n) is 8.83. The van der Waals surface area contributed by atoms with Crippen molar-refractivity contribution in [2.24, 2.45) is 0 Å². The van der Waals surface area contributed by atoms with Gasteiger partial charge in [0.2, 0.25) is 0 Å². The number of furan rings is 1. The summed E-state index contributed by atoms with van der Waals surface area (Å²) in [6, 6.07) is 5.17. The molecule has 0 aliphatic rings. The average molecular weight is 235 g/mol. The number of fused-ring (bicyclic) bond motifs is 1. The normalized spacial score (nSPS) is 13.6. The third kappa shape index (κ3) is 1.72. The molecule has 0 amide bonds. The second-order valence-electron chi connectivity index (χ2n) is 3.41. The number of benzene rings is 1. The largest absolute Gasteiger partial charge is 0.507 e. The summed E-state index contributed by atoms with van der Waals surface area (Å²) in [6.07, 6.45) is 3.51. The molecule has 0 unspecified atom stereocenters. The van der Waals surface area contributed by atoms with E-state index in [1.807, 2.05) is 13.0 Å². The minimum absolute atomic E-state index is 0.203. The summed E-state index contributed by atoms with van der Waals surface area (Å²) in [5.41, 5.74) is 1.25. The maximum absolute atomic E-state index is 9.78. The lowest BCUT2D eigenvalue weighted by Gasteiger charge is -1.91. The molecule has 1 aromatic heterocycles. The van der Waals surface area contributed by atoms with Gasteiger partial charge in [0.15, 0.2) is 0 Å². The molecular formula is C13H11ClO2. The fourth-order valence-corrected chi connectivity index (χ4v) is 1.81. The van der Waals surface area contributed by atoms with Gasteiger partial charge in [-0.3, -0.25) is 0 Å². The molecule has 0 aliphatic carbocycles. The third-order valence-electron chi connectivity index (χ3n) is 2.34. The molecule has 0 atom stereocenters. The molecule has 0 aliphatic heterocycles. The molecule has 0 saturated carbocycles. The Morgan fingerprint density at radius 3 is 2.88 bits per heavy atom. The van der Waals surface area contributed by atoms with Crippen molar-refractivity contribution in [1.29, 1.82) is 0 Å². The van der Waals surface area contributed by atoms with Crippen LogP contribution in [0.4, 0.5) is 0 Å². The van der Waals surface area contributed by atoms with Crippen molar-refractivity contribution in [3.63, 3.8) is 0 Å². The van der Waals surface area contributed by atoms with Crippen molar-refractivity contribution in [1.82, 2.24) is 0 Å². The summed E-state index contributed by atoms with van der Waals surface area (Å²) in [6.45, 7) is 5.47. The summed E-state index contributed by atoms with van der Waals surface area (Å²) in [7, 11) is 0. The van der Waals surface area contributed by atoms with E-state index in [9.17, 15) is 5.11 Å². The molecule has 1 heterocycles. The molecule has 2 nitrogen and oxygen atoms in total. The summed E-state index contributed by atoms with van der Waals surface area (Å²) in [4.78, 5) is 0. The Balaban J connectivity index is 3.01. The van der Waals surface area contributed by atoms with E-state index in [-0.39, 0.29) is 5.75 Å². The molecule has 2 rings (SSSR count). The van der Waals surface area contributed by atoms with Gasteiger partial charge >= 0.3 is 0 Å². The van der Waals surface area contributed by atoms with Crippen LogP contribution in [0.25, 0.3) is 23.1 Å². The quantitative estimate of drug-likeness (QED) is 0.823. The standard InChI is InChI=1S/C13H11ClO2/c1-3-9-12(7-8(2)14)16-11-6-4-5-10(15)13(9)11/h3-7,15H,2H2,1H3/b9-3+,12-7+. The Kier molecular flexibility index (Phi) is 2.75. The van der Waals surface area contributed by atoms with E-state index in [4.69, 9.17) is 16.0 Å². The number of hydrogen-bond acceptors (Lipinski definition) is 2. The maximum atomic E-state index is 9.78. The van der Waals surface area contributed by atoms with E-state index in [2.05, 4.69) is 6.58 Å². The first-order valence-corrected chi connectivity index (χ1v) is 5.24. The van der Waals surface area contributed by atoms with Crippen LogP contribution < -0.4 is 10.6 Å². The van der Waals surface area contributed by atoms with Gasteiger partial charge in [0.05, 0.1) is 5.39 Å². The number of phenolic OH excluding ortho intramolecular Hbond substituents is 1. The Bertz CT molecular complexity index is 665. The first kappa shape index (κ1) is 10.8. The first-order valence-electron chi connectivity index (χ1n) is 4.86. The highest BCUT2D eigenvalue weighted by Crippen LogP contribution is 2.19. The Morgan fingerprint density at radius 2 is 2.25 bits per heavy atom. The molecule has 16 heavy (non-hydrogen) atoms. The second kappa shape index (κ2) is 4.06. The van der Waals surface area contributed by atoms with E-state index in [1.54, 1.807) is 24.3 Å². The van der Waals surface area contributed by atoms with E-state index >= 15 is 0 Å². The van der Waals surface area contributed by atoms with Gasteiger partial charge in [-0.05, 0) is 25.1 Å². The molecule has 1 aromatic carbocycles. The van der Waals surface area contributed by atoms with Crippen LogP contribution in [0.15, 0.2) is 34.2 Å². The highest BCUT2D eigenvalue weighted by atomic mass is 35.5. The predicted molar refractivity (Wildman–Crippen MR) is 66.7 cm³/mol. The van der Waals surface area contributed by atoms with Crippen LogP contribution in [0.5, 0.6) is 5.75 Å². The van der Waals surface area contributed by atoms with Crippen LogP contribution in [0, 0.1) is 0 Å². The molecule has 1 N–H and O–H groups in total. The molecular weight excluding hydrogens is 224 g/mol. The van der Waals surface area contributed by atoms with Crippen LogP contribution in [-0.4, -0.2) is 5.11 Å². The minimum Gasteiger partial charge on any atom is -0.507 e. The van der Waals surface area contributed by atoms with Crippen LogP contribution >= 0.6 is 11.6 Å². The lowest BCUT2D eigenvalue weighted by molar-refractivity contribution is 0.481. The van der Waals surface area contributed by atoms with Crippen molar-refractivity contribution in [3.05, 3.63) is 40.4 Å². The second-order valence-corrected chi connectivity index (χ2v) is 3.90. The van der Waals surface area contributed by atoms with E-state index < -0.39 is 0 Å². The van der Waals surface area contributed by atoms with Crippen molar-refractivity contribution in [3.8, 4) is 5.75 Å². The van der Waals surface area contributed by atoms with Gasteiger partial charge in [0.25, 0.3) is 0 Å². The van der Waals surface area contributed by atoms with Crippen molar-refractivity contribution in [2.45, 2.75) is 6.92 Å². The molecule has 0 saturated heterocycles. The number of allylic oxidation sites excluding steroid dienone is 1. The maximum Gasteiger partial charge on any atom is 0.139 e. The molecule has 3 heteroatoms. The van der Waals surface area contributed by atoms with Crippen LogP contribution in [-0.2, 0) is 0 Å². The third-order valence-corrected chi connectivity index (χ3v) is 2.44. The van der Waals surface area contributed by atoms with E-state index in [0.29, 0.717) is 21.4 Å². The fourth-order valence-electron chi connectivity index (χ4n) is 1.71. The topological polar surface area (TPSA) is 33.4 Å². The lowest BCUT2D eigenvalue weighted by Crippen LogP contribution is -2.19. The van der Waals surface area contributed by atoms with Crippen LogP contribution in [0.1, 0.15) is 6.92 Å². The number of rotatable bonds is 1. The van der Waals surface area contributed by atoms with Gasteiger partial charge < -0.3 is 9.52 Å². The molecule has 0 bridgehead atoms. The van der Waals surface area contributed by atoms with Gasteiger partial charge in [-0.25, -0.2) is 0 Å². The zero-order chi connectivity index (χ0) is 11.7. The van der Waals surface area contributed by atoms with Crippen molar-refractivity contribution >= 4 is 34.7 Å². The molecule has 0 radical (unpaired) electrons. The molecule has 0 fully saturated rings. The Hall–Kier alpha value is -1.67. The zero-order valence-corrected chi connectivity index (χ0v) is 9.58. The summed E-state index contributed by atoms with van der Waals surface area (Å²) in [5, 5.41) is 11.7. The summed E-state index contributed by atoms with van der Waals surface area (Å²) >= 11 is 5.72. The lowest BCUT2D eigenvalue weighted by atomic mass is 10.2. The van der Waals surface area contributed by atoms with Gasteiger partial charge in [-0.15, -0.1) is 0 Å². The summed E-state index contributed by atoms with van der Waals surface area (Å²) < 4.78 is 5.59. The van der Waals surface area contributed by atoms with E-state index in [0.717, 1.165) is 5.22 Å². The average Bonchev–Trinajstić information content (AvgIpc) is 2.55. The molecule has 82 valence electrons. The fraction of sp³-hybridized carbons (Fsp3) is 0.0769. The minimum atomic E-state index is 0.203. The number of aromatic hydroxyl groups is 1. The Labute approximate surface area is 97.8 Å². The number of halogens is 1. The first-order chi connectivity index (χ1) is 7.63. The summed E-state index contributed by atoms with van der Waals surface area (Å²) in [5.74, 6) is 0.203. The van der Waals surface area contributed by atoms with Crippen molar-refractivity contribution in [2.75, 3.05) is 0 Å². The van der Waals surface area contributed by atoms with Crippen LogP contribution in [0.3, 0.4) is 0 Å². The SMILES string of the molecule is C=C(Cl)/C=c1/oc2cccc(O)c2/c1=C/C.